The molecule has 2 heterocycles. The van der Waals surface area contributed by atoms with Crippen LogP contribution in [0.25, 0.3) is 10.4 Å². The van der Waals surface area contributed by atoms with Crippen molar-refractivity contribution in [1.29, 1.82) is 5.26 Å². The number of rotatable bonds is 19. The minimum absolute atomic E-state index is 0.00827. The molecule has 6 rings (SSSR count). The van der Waals surface area contributed by atoms with Gasteiger partial charge in [0.1, 0.15) is 36.6 Å². The largest absolute Gasteiger partial charge is 0.489 e. The van der Waals surface area contributed by atoms with Crippen molar-refractivity contribution < 1.29 is 33.8 Å². The average molecular weight is 982 g/mol. The molecule has 3 N–H and O–H groups in total. The first-order chi connectivity index (χ1) is 32.5. The number of nitrogens with zero attached hydrogens (tertiary/aromatic N) is 4. The van der Waals surface area contributed by atoms with Gasteiger partial charge in [0, 0.05) is 55.1 Å². The van der Waals surface area contributed by atoms with E-state index in [0.29, 0.717) is 28.5 Å². The zero-order chi connectivity index (χ0) is 50.4. The van der Waals surface area contributed by atoms with Crippen LogP contribution in [0.1, 0.15) is 126 Å². The number of β-amino-alcohol motifs (C(OH)–C–C–N with tert-alkyl or cyclic N) is 1. The molecule has 4 atom stereocenters. The molecule has 2 aliphatic rings. The van der Waals surface area contributed by atoms with Gasteiger partial charge in [-0.15, -0.1) is 11.3 Å². The molecule has 1 saturated heterocycles. The molecule has 0 bridgehead atoms. The summed E-state index contributed by atoms with van der Waals surface area (Å²) in [5, 5.41) is 26.1. The number of nitrogens with one attached hydrogen (secondary N) is 2. The quantitative estimate of drug-likeness (QED) is 0.0775. The van der Waals surface area contributed by atoms with Gasteiger partial charge in [-0.05, 0) is 79.5 Å². The number of carbonyl (C=O) groups excluding carboxylic acids is 4. The predicted octanol–water partition coefficient (Wildman–Crippen LogP) is 9.09. The van der Waals surface area contributed by atoms with Crippen LogP contribution >= 0.6 is 22.9 Å². The SMILES string of the molecule is Cc1ncsc1-c1ccc([C@H](C)NC(=O)[C@@H]2C[C@@H](O)CN2C(=O)[C@@H](NC(=O)COCCCCCCc2ccc(C(=O)N(C)C3C(C)(C)C(Oc4ccc(C#N)c(Cl)c4)C3(C)C)cc2)C(C)(C)C)cc1. The van der Waals surface area contributed by atoms with Crippen LogP contribution in [0.15, 0.2) is 72.2 Å². The molecular weight excluding hydrogens is 912 g/mol. The Bertz CT molecular complexity index is 2480. The van der Waals surface area contributed by atoms with Crippen LogP contribution in [0.2, 0.25) is 5.02 Å². The molecule has 69 heavy (non-hydrogen) atoms. The number of unbranched alkanes of at least 4 members (excludes halogenated alkanes) is 3. The van der Waals surface area contributed by atoms with Crippen LogP contribution in [0.5, 0.6) is 5.75 Å². The highest BCUT2D eigenvalue weighted by atomic mass is 35.5. The first kappa shape index (κ1) is 53.0. The van der Waals surface area contributed by atoms with E-state index in [9.17, 15) is 29.5 Å². The van der Waals surface area contributed by atoms with E-state index in [-0.39, 0.29) is 60.4 Å². The summed E-state index contributed by atoms with van der Waals surface area (Å²) in [5.74, 6) is -0.664. The Balaban J connectivity index is 0.898. The molecule has 2 fully saturated rings. The molecule has 1 aliphatic heterocycles. The zero-order valence-electron chi connectivity index (χ0n) is 41.7. The maximum atomic E-state index is 14.1. The number of aryl methyl sites for hydroxylation is 2. The highest BCUT2D eigenvalue weighted by molar-refractivity contribution is 7.13. The van der Waals surface area contributed by atoms with Crippen molar-refractivity contribution in [2.45, 2.75) is 137 Å². The average Bonchev–Trinajstić information content (AvgIpc) is 3.92. The van der Waals surface area contributed by atoms with Crippen molar-refractivity contribution in [3.05, 3.63) is 105 Å². The Hall–Kier alpha value is -5.33. The fraction of sp³-hybridized carbons (Fsp3) is 0.519. The van der Waals surface area contributed by atoms with Gasteiger partial charge in [-0.2, -0.15) is 5.26 Å². The number of aromatic nitrogens is 1. The number of halogens is 1. The fourth-order valence-corrected chi connectivity index (χ4v) is 11.6. The van der Waals surface area contributed by atoms with E-state index in [1.165, 1.54) is 4.90 Å². The van der Waals surface area contributed by atoms with Crippen LogP contribution in [0.4, 0.5) is 0 Å². The first-order valence-electron chi connectivity index (χ1n) is 23.9. The topological polar surface area (TPSA) is 174 Å². The number of thiazole rings is 1. The van der Waals surface area contributed by atoms with Crippen LogP contribution in [-0.2, 0) is 25.5 Å². The third-order valence-corrected chi connectivity index (χ3v) is 15.1. The molecule has 0 radical (unpaired) electrons. The van der Waals surface area contributed by atoms with E-state index >= 15 is 0 Å². The van der Waals surface area contributed by atoms with Crippen molar-refractivity contribution in [3.63, 3.8) is 0 Å². The minimum Gasteiger partial charge on any atom is -0.489 e. The van der Waals surface area contributed by atoms with Crippen molar-refractivity contribution >= 4 is 46.6 Å². The molecule has 1 aliphatic carbocycles. The van der Waals surface area contributed by atoms with Gasteiger partial charge in [0.15, 0.2) is 0 Å². The number of aliphatic hydroxyl groups is 1. The second-order valence-corrected chi connectivity index (χ2v) is 22.3. The predicted molar refractivity (Wildman–Crippen MR) is 270 cm³/mol. The van der Waals surface area contributed by atoms with Crippen LogP contribution in [0.3, 0.4) is 0 Å². The van der Waals surface area contributed by atoms with Gasteiger partial charge in [-0.1, -0.05) is 109 Å². The summed E-state index contributed by atoms with van der Waals surface area (Å²) in [5.41, 5.74) is 5.51. The lowest BCUT2D eigenvalue weighted by molar-refractivity contribution is -0.195. The number of carbonyl (C=O) groups is 4. The van der Waals surface area contributed by atoms with Crippen LogP contribution in [0, 0.1) is 34.5 Å². The minimum atomic E-state index is -0.944. The maximum Gasteiger partial charge on any atom is 0.253 e. The van der Waals surface area contributed by atoms with Crippen LogP contribution < -0.4 is 15.4 Å². The zero-order valence-corrected chi connectivity index (χ0v) is 43.3. The normalized spacial score (nSPS) is 20.2. The molecular formula is C54H69ClN6O7S. The molecule has 1 aromatic heterocycles. The van der Waals surface area contributed by atoms with Crippen molar-refractivity contribution in [2.24, 2.45) is 16.2 Å². The maximum absolute atomic E-state index is 14.1. The number of nitriles is 1. The standard InChI is InChI=1S/C54H69ClN6O7S/c1-33(36-20-22-37(23-21-36)45-34(2)57-32-69-45)58-47(64)43-27-40(62)30-61(43)49(66)46(52(3,4)5)59-44(63)31-67-26-14-12-11-13-15-35-16-18-38(19-17-35)48(65)60(10)50-53(6,7)51(54(50,8)9)68-41-25-24-39(29-56)42(55)28-41/h16-25,28,32-33,40,43,46,50-51,62H,11-15,26-27,30-31H2,1-10H3,(H,58,64)(H,59,63)/t33-,40+,43-,46+,50?,51?/m0/s1. The van der Waals surface area contributed by atoms with E-state index in [0.717, 1.165) is 59.4 Å². The monoisotopic (exact) mass is 980 g/mol. The second kappa shape index (κ2) is 22.2. The molecule has 1 saturated carbocycles. The molecule has 0 unspecified atom stereocenters. The number of ether oxygens (including phenoxy) is 2. The van der Waals surface area contributed by atoms with E-state index in [2.05, 4.69) is 49.4 Å². The molecule has 3 aromatic carbocycles. The van der Waals surface area contributed by atoms with Gasteiger partial charge >= 0.3 is 0 Å². The highest BCUT2D eigenvalue weighted by Gasteiger charge is 2.65. The smallest absolute Gasteiger partial charge is 0.253 e. The number of hydrogen-bond acceptors (Lipinski definition) is 10. The number of benzene rings is 3. The van der Waals surface area contributed by atoms with Gasteiger partial charge in [0.05, 0.1) is 38.8 Å². The van der Waals surface area contributed by atoms with Gasteiger partial charge in [0.2, 0.25) is 17.7 Å². The molecule has 15 heteroatoms. The van der Waals surface area contributed by atoms with Crippen molar-refractivity contribution in [3.8, 4) is 22.3 Å². The first-order valence-corrected chi connectivity index (χ1v) is 25.2. The van der Waals surface area contributed by atoms with E-state index in [1.807, 2.05) is 101 Å². The Morgan fingerprint density at radius 1 is 0.986 bits per heavy atom. The van der Waals surface area contributed by atoms with Crippen LogP contribution in [-0.4, -0.2) is 101 Å². The fourth-order valence-electron chi connectivity index (χ4n) is 10.6. The summed E-state index contributed by atoms with van der Waals surface area (Å²) in [6, 6.07) is 20.7. The summed E-state index contributed by atoms with van der Waals surface area (Å²) in [4.78, 5) is 63.3. The van der Waals surface area contributed by atoms with E-state index in [1.54, 1.807) is 29.5 Å². The lowest BCUT2D eigenvalue weighted by Gasteiger charge is -2.65. The van der Waals surface area contributed by atoms with Gasteiger partial charge in [-0.25, -0.2) is 4.98 Å². The molecule has 13 nitrogen and oxygen atoms in total. The summed E-state index contributed by atoms with van der Waals surface area (Å²) in [7, 11) is 1.85. The number of amides is 4. The Morgan fingerprint density at radius 2 is 1.65 bits per heavy atom. The molecule has 4 amide bonds. The second-order valence-electron chi connectivity index (χ2n) is 21.0. The molecule has 370 valence electrons. The lowest BCUT2D eigenvalue weighted by atomic mass is 9.49. The lowest BCUT2D eigenvalue weighted by Crippen LogP contribution is -2.74. The third kappa shape index (κ3) is 12.3. The Labute approximate surface area is 416 Å². The number of hydrogen-bond donors (Lipinski definition) is 3. The number of aliphatic hydroxyl groups excluding tert-OH is 1. The van der Waals surface area contributed by atoms with Gasteiger partial charge in [-0.3, -0.25) is 19.2 Å². The summed E-state index contributed by atoms with van der Waals surface area (Å²) >= 11 is 7.85. The molecule has 0 spiro atoms. The summed E-state index contributed by atoms with van der Waals surface area (Å²) in [6.45, 7) is 18.0. The summed E-state index contributed by atoms with van der Waals surface area (Å²) < 4.78 is 12.2. The van der Waals surface area contributed by atoms with Gasteiger partial charge in [0.25, 0.3) is 5.91 Å². The van der Waals surface area contributed by atoms with E-state index < -0.39 is 35.4 Å². The number of likely N-dealkylation sites (tertiary alicyclic amines) is 1. The Morgan fingerprint density at radius 3 is 2.26 bits per heavy atom. The van der Waals surface area contributed by atoms with E-state index in [4.69, 9.17) is 21.1 Å². The highest BCUT2D eigenvalue weighted by Crippen LogP contribution is 2.58. The Kier molecular flexibility index (Phi) is 17.0. The van der Waals surface area contributed by atoms with Crippen molar-refractivity contribution in [1.82, 2.24) is 25.4 Å². The van der Waals surface area contributed by atoms with Gasteiger partial charge < -0.3 is 35.0 Å². The van der Waals surface area contributed by atoms with Crippen molar-refractivity contribution in [2.75, 3.05) is 26.8 Å². The summed E-state index contributed by atoms with van der Waals surface area (Å²) in [6.07, 6.45) is 3.53. The third-order valence-electron chi connectivity index (χ3n) is 13.8. The molecule has 4 aromatic rings.